The molecule has 422 valence electrons. The second-order valence-electron chi connectivity index (χ2n) is 21.2. The summed E-state index contributed by atoms with van der Waals surface area (Å²) >= 11 is 0. The van der Waals surface area contributed by atoms with Crippen molar-refractivity contribution >= 4 is 53.5 Å². The molecule has 0 saturated carbocycles. The average molecular weight is 1080 g/mol. The zero-order valence-electron chi connectivity index (χ0n) is 49.3. The number of aliphatic imine (C=N–C) groups is 1. The molecule has 3 aliphatic heterocycles. The first-order valence-electron chi connectivity index (χ1n) is 26.4. The third kappa shape index (κ3) is 27.5. The normalized spacial score (nSPS) is 16.1. The summed E-state index contributed by atoms with van der Waals surface area (Å²) in [7, 11) is 6.63. The van der Waals surface area contributed by atoms with Crippen LogP contribution < -0.4 is 48.5 Å². The maximum Gasteiger partial charge on any atom is 1.00 e. The molecule has 14 nitrogen and oxygen atoms in total. The summed E-state index contributed by atoms with van der Waals surface area (Å²) in [5, 5.41) is 8.38. The number of fused-ring (bicyclic) bond motifs is 4. The molecule has 2 N–H and O–H groups in total. The minimum absolute atomic E-state index is 0. The fourth-order valence-electron chi connectivity index (χ4n) is 9.52. The van der Waals surface area contributed by atoms with Crippen LogP contribution in [0.15, 0.2) is 29.3 Å². The molecule has 5 atom stereocenters. The first-order chi connectivity index (χ1) is 33.9. The monoisotopic (exact) mass is 1080 g/mol. The van der Waals surface area contributed by atoms with Gasteiger partial charge in [-0.25, -0.2) is 4.79 Å². The maximum atomic E-state index is 12.6. The third-order valence-electron chi connectivity index (χ3n) is 13.5. The average Bonchev–Trinajstić information content (AvgIpc) is 3.33. The Morgan fingerprint density at radius 3 is 1.51 bits per heavy atom. The number of nitrogens with zero attached hydrogens (tertiary/aromatic N) is 2. The molecule has 3 heterocycles. The number of carboxylic acid groups (broad SMARTS) is 1. The molecule has 0 spiro atoms. The number of halogens is 1. The van der Waals surface area contributed by atoms with E-state index in [2.05, 4.69) is 77.4 Å². The van der Waals surface area contributed by atoms with Gasteiger partial charge in [0, 0.05) is 68.4 Å². The van der Waals surface area contributed by atoms with Crippen molar-refractivity contribution in [2.75, 3.05) is 48.1 Å². The van der Waals surface area contributed by atoms with Crippen LogP contribution in [-0.2, 0) is 41.6 Å². The van der Waals surface area contributed by atoms with Gasteiger partial charge in [0.25, 0.3) is 0 Å². The number of rotatable bonds is 21. The number of piperidine rings is 1. The summed E-state index contributed by atoms with van der Waals surface area (Å²) < 4.78 is 21.3. The fraction of sp³-hybridized carbons (Fsp3) is 0.678. The summed E-state index contributed by atoms with van der Waals surface area (Å²) in [6, 6.07) is 8.35. The van der Waals surface area contributed by atoms with Crippen molar-refractivity contribution in [3.05, 3.63) is 46.5 Å². The standard InChI is InChI=1S/C19H27NO3.C11H13NO2.C11H18O4.2C9H18O.ClH.Na.H2O/c1-12(2)7-14-11-20-6-5-13-8-18(22-3)19(23-4)9-15(13)16(20)10-17(14)21;1-13-10-5-8-3-4-12-7-9(8)6-11(10)14-2;1-7(2)6-9(8(3)12)4-5-10(13)11(14)15;2*1-5-9(8(4)10)6-7(2)3;;;/h8-9,12,14,16H,5-7,10-11H2,1-4H3;5-7H,3-4H2,1-2H3;7,9H,4-6H2,1-3H3,(H,14,15);2*7,9H,5-6H2,1-4H3;1H;;1H2/q;;;;;;+1;/p-1. The number of hydrogen-bond acceptors (Lipinski definition) is 13. The number of methoxy groups -OCH3 is 4. The van der Waals surface area contributed by atoms with Crippen molar-refractivity contribution in [1.82, 2.24) is 4.90 Å². The molecule has 1 saturated heterocycles. The van der Waals surface area contributed by atoms with Crippen LogP contribution in [0, 0.1) is 47.3 Å². The molecular formula is C59H96ClN2NaO12. The Morgan fingerprint density at radius 1 is 0.667 bits per heavy atom. The number of carboxylic acids is 1. The van der Waals surface area contributed by atoms with Crippen LogP contribution in [0.1, 0.15) is 176 Å². The molecule has 3 aliphatic rings. The largest absolute Gasteiger partial charge is 1.00 e. The smallest absolute Gasteiger partial charge is 0.870 e. The van der Waals surface area contributed by atoms with E-state index < -0.39 is 11.8 Å². The van der Waals surface area contributed by atoms with E-state index in [9.17, 15) is 28.8 Å². The first kappa shape index (κ1) is 75.6. The third-order valence-corrected chi connectivity index (χ3v) is 13.5. The van der Waals surface area contributed by atoms with Crippen molar-refractivity contribution in [3.63, 3.8) is 0 Å². The van der Waals surface area contributed by atoms with Gasteiger partial charge in [-0.2, -0.15) is 0 Å². The Morgan fingerprint density at radius 2 is 1.11 bits per heavy atom. The summed E-state index contributed by atoms with van der Waals surface area (Å²) in [6.07, 6.45) is 10.6. The van der Waals surface area contributed by atoms with Gasteiger partial charge in [0.15, 0.2) is 23.0 Å². The summed E-state index contributed by atoms with van der Waals surface area (Å²) in [4.78, 5) is 73.4. The van der Waals surface area contributed by atoms with E-state index in [1.165, 1.54) is 23.6 Å². The van der Waals surface area contributed by atoms with Gasteiger partial charge in [0.1, 0.15) is 23.1 Å². The number of aliphatic carboxylic acids is 1. The van der Waals surface area contributed by atoms with Crippen LogP contribution in [0.5, 0.6) is 23.0 Å². The molecule has 0 aromatic heterocycles. The molecule has 16 heteroatoms. The van der Waals surface area contributed by atoms with Crippen molar-refractivity contribution < 1.29 is 87.9 Å². The second kappa shape index (κ2) is 39.7. The number of Topliss-reactive ketones (excluding diaryl/α,β-unsaturated/α-hetero) is 5. The van der Waals surface area contributed by atoms with Gasteiger partial charge in [-0.1, -0.05) is 69.2 Å². The first-order valence-corrected chi connectivity index (χ1v) is 26.4. The van der Waals surface area contributed by atoms with Crippen LogP contribution in [0.2, 0.25) is 0 Å². The predicted molar refractivity (Wildman–Crippen MR) is 298 cm³/mol. The van der Waals surface area contributed by atoms with Gasteiger partial charge in [0.2, 0.25) is 5.78 Å². The van der Waals surface area contributed by atoms with Gasteiger partial charge >= 0.3 is 35.5 Å². The van der Waals surface area contributed by atoms with E-state index in [0.717, 1.165) is 93.1 Å². The van der Waals surface area contributed by atoms with Crippen molar-refractivity contribution in [1.29, 1.82) is 0 Å². The van der Waals surface area contributed by atoms with Crippen LogP contribution in [0.25, 0.3) is 0 Å². The number of ketones is 5. The van der Waals surface area contributed by atoms with E-state index in [4.69, 9.17) is 24.1 Å². The van der Waals surface area contributed by atoms with E-state index in [1.54, 1.807) is 42.3 Å². The van der Waals surface area contributed by atoms with Crippen LogP contribution >= 0.6 is 12.4 Å². The summed E-state index contributed by atoms with van der Waals surface area (Å²) in [6.45, 7) is 28.8. The van der Waals surface area contributed by atoms with Crippen molar-refractivity contribution in [2.45, 2.75) is 167 Å². The van der Waals surface area contributed by atoms with E-state index in [1.807, 2.05) is 32.2 Å². The van der Waals surface area contributed by atoms with Crippen LogP contribution in [0.3, 0.4) is 0 Å². The maximum absolute atomic E-state index is 12.6. The minimum Gasteiger partial charge on any atom is -0.870 e. The summed E-state index contributed by atoms with van der Waals surface area (Å²) in [5.74, 6) is 4.86. The quantitative estimate of drug-likeness (QED) is 0.0916. The topological polar surface area (TPSA) is 205 Å². The molecule has 75 heavy (non-hydrogen) atoms. The summed E-state index contributed by atoms with van der Waals surface area (Å²) in [5.41, 5.74) is 4.94. The van der Waals surface area contributed by atoms with Gasteiger partial charge in [-0.15, -0.1) is 12.4 Å². The van der Waals surface area contributed by atoms with Crippen molar-refractivity contribution in [3.8, 4) is 23.0 Å². The molecule has 2 aromatic carbocycles. The number of ether oxygens (including phenoxy) is 4. The molecule has 0 aliphatic carbocycles. The van der Waals surface area contributed by atoms with E-state index >= 15 is 0 Å². The van der Waals surface area contributed by atoms with E-state index in [-0.39, 0.29) is 77.5 Å². The Hall–Kier alpha value is -3.66. The van der Waals surface area contributed by atoms with Gasteiger partial charge < -0.3 is 29.5 Å². The molecule has 0 bridgehead atoms. The molecule has 0 radical (unpaired) electrons. The number of benzene rings is 2. The predicted octanol–water partition coefficient (Wildman–Crippen LogP) is 9.13. The number of carbonyl (C=O) groups excluding carboxylic acids is 5. The van der Waals surface area contributed by atoms with Crippen molar-refractivity contribution in [2.24, 2.45) is 52.3 Å². The number of hydrogen-bond donors (Lipinski definition) is 1. The minimum atomic E-state index is -1.41. The molecular weight excluding hydrogens is 987 g/mol. The fourth-order valence-corrected chi connectivity index (χ4v) is 9.52. The molecule has 5 rings (SSSR count). The molecule has 0 amide bonds. The zero-order valence-corrected chi connectivity index (χ0v) is 52.1. The Bertz CT molecular complexity index is 2050. The molecule has 1 fully saturated rings. The SMILES string of the molecule is CC(=O)C(CCC(=O)C(=O)O)CC(C)C.CCC(CC(C)C)C(C)=O.CCC(CC(C)C)C(C)=O.COc1cc2c(cc1OC)C1CC(=O)C(CC(C)C)CN1CC2.COc1cc2c(cc1OC)CCN=C2.Cl.[Na+].[OH-]. The Labute approximate surface area is 480 Å². The molecule has 2 aromatic rings. The second-order valence-corrected chi connectivity index (χ2v) is 21.2. The number of carbonyl (C=O) groups is 6. The van der Waals surface area contributed by atoms with Gasteiger partial charge in [0.05, 0.1) is 28.4 Å². The van der Waals surface area contributed by atoms with Gasteiger partial charge in [-0.3, -0.25) is 33.9 Å². The van der Waals surface area contributed by atoms with Gasteiger partial charge in [-0.05, 0) is 149 Å². The van der Waals surface area contributed by atoms with Crippen LogP contribution in [0.4, 0.5) is 0 Å². The zero-order chi connectivity index (χ0) is 54.8. The Balaban J connectivity index is -0.000000891. The Kier molecular flexibility index (Phi) is 40.0. The molecule has 5 unspecified atom stereocenters. The van der Waals surface area contributed by atoms with Crippen LogP contribution in [-0.4, -0.2) is 105 Å². The van der Waals surface area contributed by atoms with E-state index in [0.29, 0.717) is 72.1 Å².